The molecule has 0 N–H and O–H groups in total. The molecule has 2 nitrogen and oxygen atoms in total. The number of ketones is 1. The lowest BCUT2D eigenvalue weighted by Gasteiger charge is -2.04. The van der Waals surface area contributed by atoms with E-state index >= 15 is 0 Å². The maximum absolute atomic E-state index is 11.3. The van der Waals surface area contributed by atoms with Gasteiger partial charge in [-0.1, -0.05) is 15.9 Å². The van der Waals surface area contributed by atoms with Gasteiger partial charge in [0.1, 0.15) is 5.75 Å². The second-order valence-corrected chi connectivity index (χ2v) is 3.82. The van der Waals surface area contributed by atoms with Gasteiger partial charge in [0, 0.05) is 5.56 Å². The quantitative estimate of drug-likeness (QED) is 0.634. The maximum atomic E-state index is 11.3. The molecule has 4 heteroatoms. The second-order valence-electron chi connectivity index (χ2n) is 2.41. The van der Waals surface area contributed by atoms with Crippen molar-refractivity contribution in [3.05, 3.63) is 28.2 Å². The van der Waals surface area contributed by atoms with Gasteiger partial charge < -0.3 is 4.74 Å². The van der Waals surface area contributed by atoms with Crippen molar-refractivity contribution in [2.45, 2.75) is 0 Å². The molecule has 0 saturated heterocycles. The van der Waals surface area contributed by atoms with Gasteiger partial charge in [-0.05, 0) is 34.1 Å². The van der Waals surface area contributed by atoms with Gasteiger partial charge in [-0.25, -0.2) is 0 Å². The van der Waals surface area contributed by atoms with Crippen LogP contribution in [0.4, 0.5) is 0 Å². The van der Waals surface area contributed by atoms with E-state index in [1.165, 1.54) is 0 Å². The first-order valence-corrected chi connectivity index (χ1v) is 5.53. The Morgan fingerprint density at radius 1 is 1.54 bits per heavy atom. The summed E-state index contributed by atoms with van der Waals surface area (Å²) < 4.78 is 5.91. The SMILES string of the molecule is COc1cc(C(=O)CBr)ccc1Br. The molecule has 1 aromatic carbocycles. The van der Waals surface area contributed by atoms with E-state index in [1.54, 1.807) is 25.3 Å². The Kier molecular flexibility index (Phi) is 3.93. The summed E-state index contributed by atoms with van der Waals surface area (Å²) in [6.45, 7) is 0. The van der Waals surface area contributed by atoms with E-state index in [0.29, 0.717) is 16.6 Å². The van der Waals surface area contributed by atoms with Gasteiger partial charge in [0.05, 0.1) is 16.9 Å². The molecule has 0 aliphatic heterocycles. The molecule has 0 saturated carbocycles. The highest BCUT2D eigenvalue weighted by Gasteiger charge is 2.07. The molecular weight excluding hydrogens is 300 g/mol. The molecule has 0 radical (unpaired) electrons. The zero-order chi connectivity index (χ0) is 9.84. The molecule has 0 spiro atoms. The van der Waals surface area contributed by atoms with Crippen LogP contribution in [0.15, 0.2) is 22.7 Å². The first kappa shape index (κ1) is 10.7. The Balaban J connectivity index is 3.06. The van der Waals surface area contributed by atoms with Crippen molar-refractivity contribution >= 4 is 37.6 Å². The summed E-state index contributed by atoms with van der Waals surface area (Å²) in [5.41, 5.74) is 0.650. The minimum Gasteiger partial charge on any atom is -0.496 e. The van der Waals surface area contributed by atoms with Gasteiger partial charge in [-0.3, -0.25) is 4.79 Å². The monoisotopic (exact) mass is 306 g/mol. The van der Waals surface area contributed by atoms with Gasteiger partial charge in [0.2, 0.25) is 0 Å². The lowest BCUT2D eigenvalue weighted by atomic mass is 10.1. The van der Waals surface area contributed by atoms with Crippen LogP contribution in [0.3, 0.4) is 0 Å². The number of ether oxygens (including phenoxy) is 1. The van der Waals surface area contributed by atoms with Crippen LogP contribution in [-0.4, -0.2) is 18.2 Å². The fraction of sp³-hybridized carbons (Fsp3) is 0.222. The lowest BCUT2D eigenvalue weighted by Crippen LogP contribution is -2.00. The van der Waals surface area contributed by atoms with E-state index in [0.717, 1.165) is 4.47 Å². The molecular formula is C9H8Br2O2. The molecule has 0 aromatic heterocycles. The maximum Gasteiger partial charge on any atom is 0.173 e. The Hall–Kier alpha value is -0.350. The van der Waals surface area contributed by atoms with Gasteiger partial charge in [0.15, 0.2) is 5.78 Å². The third-order valence-corrected chi connectivity index (χ3v) is 2.76. The first-order chi connectivity index (χ1) is 6.19. The van der Waals surface area contributed by atoms with Crippen LogP contribution >= 0.6 is 31.9 Å². The highest BCUT2D eigenvalue weighted by molar-refractivity contribution is 9.10. The summed E-state index contributed by atoms with van der Waals surface area (Å²) in [4.78, 5) is 11.3. The molecule has 0 unspecified atom stereocenters. The summed E-state index contributed by atoms with van der Waals surface area (Å²) in [5.74, 6) is 0.720. The predicted octanol–water partition coefficient (Wildman–Crippen LogP) is 3.04. The molecule has 1 aromatic rings. The second kappa shape index (κ2) is 4.77. The first-order valence-electron chi connectivity index (χ1n) is 3.61. The average Bonchev–Trinajstić information content (AvgIpc) is 2.17. The number of methoxy groups -OCH3 is 1. The molecule has 0 aliphatic rings. The number of hydrogen-bond acceptors (Lipinski definition) is 2. The molecule has 0 atom stereocenters. The highest BCUT2D eigenvalue weighted by atomic mass is 79.9. The van der Waals surface area contributed by atoms with Crippen molar-refractivity contribution in [2.24, 2.45) is 0 Å². The standard InChI is InChI=1S/C9H8Br2O2/c1-13-9-4-6(8(12)5-10)2-3-7(9)11/h2-4H,5H2,1H3. The molecule has 0 heterocycles. The minimum absolute atomic E-state index is 0.0470. The minimum atomic E-state index is 0.0470. The summed E-state index contributed by atoms with van der Waals surface area (Å²) in [6, 6.07) is 5.28. The molecule has 0 amide bonds. The van der Waals surface area contributed by atoms with Crippen LogP contribution in [0.2, 0.25) is 0 Å². The van der Waals surface area contributed by atoms with Crippen molar-refractivity contribution in [1.29, 1.82) is 0 Å². The Morgan fingerprint density at radius 3 is 2.77 bits per heavy atom. The predicted molar refractivity (Wildman–Crippen MR) is 58.8 cm³/mol. The number of hydrogen-bond donors (Lipinski definition) is 0. The highest BCUT2D eigenvalue weighted by Crippen LogP contribution is 2.25. The molecule has 70 valence electrons. The normalized spacial score (nSPS) is 9.77. The number of benzene rings is 1. The zero-order valence-electron chi connectivity index (χ0n) is 7.01. The summed E-state index contributed by atoms with van der Waals surface area (Å²) in [6.07, 6.45) is 0. The third kappa shape index (κ3) is 2.54. The van der Waals surface area contributed by atoms with E-state index in [1.807, 2.05) is 0 Å². The number of carbonyl (C=O) groups is 1. The number of rotatable bonds is 3. The zero-order valence-corrected chi connectivity index (χ0v) is 10.2. The molecule has 0 bridgehead atoms. The van der Waals surface area contributed by atoms with Crippen LogP contribution < -0.4 is 4.74 Å². The van der Waals surface area contributed by atoms with Crippen molar-refractivity contribution < 1.29 is 9.53 Å². The Morgan fingerprint density at radius 2 is 2.23 bits per heavy atom. The van der Waals surface area contributed by atoms with E-state index in [9.17, 15) is 4.79 Å². The van der Waals surface area contributed by atoms with Gasteiger partial charge in [-0.15, -0.1) is 0 Å². The van der Waals surface area contributed by atoms with Crippen LogP contribution in [0.5, 0.6) is 5.75 Å². The average molecular weight is 308 g/mol. The topological polar surface area (TPSA) is 26.3 Å². The van der Waals surface area contributed by atoms with E-state index in [4.69, 9.17) is 4.74 Å². The number of alkyl halides is 1. The molecule has 0 aliphatic carbocycles. The smallest absolute Gasteiger partial charge is 0.173 e. The van der Waals surface area contributed by atoms with Crippen LogP contribution in [-0.2, 0) is 0 Å². The number of carbonyl (C=O) groups excluding carboxylic acids is 1. The Bertz CT molecular complexity index is 323. The summed E-state index contributed by atoms with van der Waals surface area (Å²) in [5, 5.41) is 0.331. The van der Waals surface area contributed by atoms with Gasteiger partial charge >= 0.3 is 0 Å². The van der Waals surface area contributed by atoms with E-state index in [2.05, 4.69) is 31.9 Å². The molecule has 13 heavy (non-hydrogen) atoms. The van der Waals surface area contributed by atoms with Gasteiger partial charge in [0.25, 0.3) is 0 Å². The molecule has 1 rings (SSSR count). The lowest BCUT2D eigenvalue weighted by molar-refractivity contribution is 0.102. The van der Waals surface area contributed by atoms with Gasteiger partial charge in [-0.2, -0.15) is 0 Å². The third-order valence-electron chi connectivity index (χ3n) is 1.59. The summed E-state index contributed by atoms with van der Waals surface area (Å²) >= 11 is 6.43. The van der Waals surface area contributed by atoms with Crippen molar-refractivity contribution in [3.63, 3.8) is 0 Å². The fourth-order valence-corrected chi connectivity index (χ4v) is 1.64. The van der Waals surface area contributed by atoms with E-state index in [-0.39, 0.29) is 5.78 Å². The van der Waals surface area contributed by atoms with Crippen LogP contribution in [0.25, 0.3) is 0 Å². The number of halogens is 2. The van der Waals surface area contributed by atoms with Crippen LogP contribution in [0, 0.1) is 0 Å². The molecule has 0 fully saturated rings. The van der Waals surface area contributed by atoms with Crippen molar-refractivity contribution in [3.8, 4) is 5.75 Å². The van der Waals surface area contributed by atoms with Crippen molar-refractivity contribution in [1.82, 2.24) is 0 Å². The van der Waals surface area contributed by atoms with E-state index < -0.39 is 0 Å². The number of Topliss-reactive ketones (excluding diaryl/α,β-unsaturated/α-hetero) is 1. The summed E-state index contributed by atoms with van der Waals surface area (Å²) in [7, 11) is 1.57. The van der Waals surface area contributed by atoms with Crippen molar-refractivity contribution in [2.75, 3.05) is 12.4 Å². The Labute approximate surface area is 93.5 Å². The fourth-order valence-electron chi connectivity index (χ4n) is 0.910. The largest absolute Gasteiger partial charge is 0.496 e. The van der Waals surface area contributed by atoms with Crippen LogP contribution in [0.1, 0.15) is 10.4 Å².